The number of carbonyl (C=O) groups excluding carboxylic acids is 1. The first-order valence-corrected chi connectivity index (χ1v) is 9.66. The van der Waals surface area contributed by atoms with Crippen LogP contribution in [0.3, 0.4) is 0 Å². The van der Waals surface area contributed by atoms with Gasteiger partial charge in [0.05, 0.1) is 12.2 Å². The van der Waals surface area contributed by atoms with E-state index in [9.17, 15) is 4.79 Å². The molecule has 1 saturated heterocycles. The maximum Gasteiger partial charge on any atom is 0.253 e. The summed E-state index contributed by atoms with van der Waals surface area (Å²) in [5.74, 6) is 0.820. The summed E-state index contributed by atoms with van der Waals surface area (Å²) < 4.78 is 0. The van der Waals surface area contributed by atoms with Gasteiger partial charge >= 0.3 is 0 Å². The van der Waals surface area contributed by atoms with E-state index in [2.05, 4.69) is 10.3 Å². The highest BCUT2D eigenvalue weighted by Crippen LogP contribution is 2.40. The van der Waals surface area contributed by atoms with Crippen molar-refractivity contribution in [1.82, 2.24) is 14.8 Å². The van der Waals surface area contributed by atoms with Crippen LogP contribution in [0.15, 0.2) is 29.6 Å². The normalized spacial score (nSPS) is 18.8. The number of thiazole rings is 1. The van der Waals surface area contributed by atoms with E-state index in [1.54, 1.807) is 35.6 Å². The van der Waals surface area contributed by atoms with E-state index in [1.165, 1.54) is 23.5 Å². The summed E-state index contributed by atoms with van der Waals surface area (Å²) in [5, 5.41) is 4.08. The van der Waals surface area contributed by atoms with Gasteiger partial charge in [0.1, 0.15) is 5.01 Å². The molecule has 4 rings (SSSR count). The number of carbonyl (C=O) groups is 1. The van der Waals surface area contributed by atoms with Crippen LogP contribution in [0.2, 0.25) is 5.02 Å². The van der Waals surface area contributed by atoms with Crippen LogP contribution in [0, 0.1) is 0 Å². The Morgan fingerprint density at radius 3 is 2.54 bits per heavy atom. The van der Waals surface area contributed by atoms with Crippen LogP contribution in [0.1, 0.15) is 39.8 Å². The molecule has 2 aliphatic rings. The van der Waals surface area contributed by atoms with E-state index >= 15 is 0 Å². The van der Waals surface area contributed by atoms with Crippen molar-refractivity contribution in [2.75, 3.05) is 26.2 Å². The van der Waals surface area contributed by atoms with Crippen LogP contribution >= 0.6 is 22.9 Å². The summed E-state index contributed by atoms with van der Waals surface area (Å²) in [6, 6.07) is 7.13. The van der Waals surface area contributed by atoms with E-state index < -0.39 is 0 Å². The van der Waals surface area contributed by atoms with Crippen molar-refractivity contribution in [2.24, 2.45) is 0 Å². The molecule has 1 aromatic heterocycles. The zero-order valence-corrected chi connectivity index (χ0v) is 15.0. The molecule has 2 aromatic rings. The maximum atomic E-state index is 12.5. The quantitative estimate of drug-likeness (QED) is 0.834. The number of hydrogen-bond donors (Lipinski definition) is 0. The Balaban J connectivity index is 1.30. The minimum absolute atomic E-state index is 0.0941. The molecule has 1 aliphatic heterocycles. The molecule has 2 heterocycles. The maximum absolute atomic E-state index is 12.5. The number of benzene rings is 1. The van der Waals surface area contributed by atoms with Crippen LogP contribution < -0.4 is 0 Å². The van der Waals surface area contributed by atoms with Crippen LogP contribution in [0.25, 0.3) is 0 Å². The van der Waals surface area contributed by atoms with Crippen LogP contribution in [-0.4, -0.2) is 46.9 Å². The van der Waals surface area contributed by atoms with Gasteiger partial charge in [-0.05, 0) is 37.1 Å². The zero-order valence-electron chi connectivity index (χ0n) is 13.4. The molecule has 126 valence electrons. The van der Waals surface area contributed by atoms with Gasteiger partial charge in [-0.1, -0.05) is 11.6 Å². The fourth-order valence-corrected chi connectivity index (χ4v) is 4.08. The standard InChI is InChI=1S/C18H20ClN3OS/c19-15-5-3-14(4-6-15)18(23)22-9-7-21(8-10-22)11-17-20-16(12-24-17)13-1-2-13/h3-6,12-13H,1-2,7-11H2. The lowest BCUT2D eigenvalue weighted by molar-refractivity contribution is 0.0628. The number of halogens is 1. The molecule has 0 atom stereocenters. The second-order valence-corrected chi connectivity index (χ2v) is 7.89. The monoisotopic (exact) mass is 361 g/mol. The van der Waals surface area contributed by atoms with Crippen molar-refractivity contribution >= 4 is 28.8 Å². The van der Waals surface area contributed by atoms with Crippen molar-refractivity contribution in [1.29, 1.82) is 0 Å². The molecule has 4 nitrogen and oxygen atoms in total. The summed E-state index contributed by atoms with van der Waals surface area (Å²) in [4.78, 5) is 21.6. The fraction of sp³-hybridized carbons (Fsp3) is 0.444. The molecule has 2 fully saturated rings. The van der Waals surface area contributed by atoms with Gasteiger partial charge in [-0.15, -0.1) is 11.3 Å². The highest BCUT2D eigenvalue weighted by atomic mass is 35.5. The van der Waals surface area contributed by atoms with E-state index in [1.807, 2.05) is 4.90 Å². The van der Waals surface area contributed by atoms with E-state index in [4.69, 9.17) is 16.6 Å². The Bertz CT molecular complexity index is 718. The molecule has 1 aliphatic carbocycles. The van der Waals surface area contributed by atoms with Crippen molar-refractivity contribution in [3.63, 3.8) is 0 Å². The molecular formula is C18H20ClN3OS. The van der Waals surface area contributed by atoms with E-state index in [-0.39, 0.29) is 5.91 Å². The summed E-state index contributed by atoms with van der Waals surface area (Å²) in [5.41, 5.74) is 1.99. The highest BCUT2D eigenvalue weighted by molar-refractivity contribution is 7.09. The average Bonchev–Trinajstić information content (AvgIpc) is 3.36. The Morgan fingerprint density at radius 1 is 1.17 bits per heavy atom. The van der Waals surface area contributed by atoms with Crippen molar-refractivity contribution < 1.29 is 4.79 Å². The highest BCUT2D eigenvalue weighted by Gasteiger charge is 2.27. The zero-order chi connectivity index (χ0) is 16.5. The van der Waals surface area contributed by atoms with Crippen LogP contribution in [0.5, 0.6) is 0 Å². The Kier molecular flexibility index (Phi) is 4.57. The SMILES string of the molecule is O=C(c1ccc(Cl)cc1)N1CCN(Cc2nc(C3CC3)cs2)CC1. The van der Waals surface area contributed by atoms with E-state index in [0.717, 1.165) is 38.6 Å². The molecular weight excluding hydrogens is 342 g/mol. The molecule has 6 heteroatoms. The van der Waals surface area contributed by atoms with Gasteiger partial charge in [-0.3, -0.25) is 9.69 Å². The van der Waals surface area contributed by atoms with Crippen molar-refractivity contribution in [2.45, 2.75) is 25.3 Å². The van der Waals surface area contributed by atoms with E-state index in [0.29, 0.717) is 10.6 Å². The number of piperazine rings is 1. The first-order chi connectivity index (χ1) is 11.7. The predicted molar refractivity (Wildman–Crippen MR) is 96.7 cm³/mol. The largest absolute Gasteiger partial charge is 0.336 e. The molecule has 0 bridgehead atoms. The number of nitrogens with zero attached hydrogens (tertiary/aromatic N) is 3. The lowest BCUT2D eigenvalue weighted by Gasteiger charge is -2.34. The number of amides is 1. The Hall–Kier alpha value is -1.43. The van der Waals surface area contributed by atoms with Gasteiger partial charge in [-0.25, -0.2) is 4.98 Å². The topological polar surface area (TPSA) is 36.4 Å². The second kappa shape index (κ2) is 6.82. The first-order valence-electron chi connectivity index (χ1n) is 8.40. The fourth-order valence-electron chi connectivity index (χ4n) is 3.04. The van der Waals surface area contributed by atoms with Crippen LogP contribution in [0.4, 0.5) is 0 Å². The second-order valence-electron chi connectivity index (χ2n) is 6.52. The molecule has 1 amide bonds. The molecule has 0 spiro atoms. The minimum Gasteiger partial charge on any atom is -0.336 e. The number of hydrogen-bond acceptors (Lipinski definition) is 4. The number of rotatable bonds is 4. The summed E-state index contributed by atoms with van der Waals surface area (Å²) >= 11 is 7.66. The molecule has 0 radical (unpaired) electrons. The smallest absolute Gasteiger partial charge is 0.253 e. The lowest BCUT2D eigenvalue weighted by Crippen LogP contribution is -2.48. The van der Waals surface area contributed by atoms with Gasteiger partial charge < -0.3 is 4.90 Å². The average molecular weight is 362 g/mol. The van der Waals surface area contributed by atoms with Gasteiger partial charge in [0.2, 0.25) is 0 Å². The van der Waals surface area contributed by atoms with Gasteiger partial charge in [0, 0.05) is 48.1 Å². The van der Waals surface area contributed by atoms with Gasteiger partial charge in [0.15, 0.2) is 0 Å². The minimum atomic E-state index is 0.0941. The predicted octanol–water partition coefficient (Wildman–Crippen LogP) is 3.63. The van der Waals surface area contributed by atoms with Crippen molar-refractivity contribution in [3.8, 4) is 0 Å². The molecule has 0 unspecified atom stereocenters. The summed E-state index contributed by atoms with van der Waals surface area (Å²) in [7, 11) is 0. The first kappa shape index (κ1) is 16.1. The van der Waals surface area contributed by atoms with Gasteiger partial charge in [0.25, 0.3) is 5.91 Å². The third-order valence-corrected chi connectivity index (χ3v) is 5.78. The number of aromatic nitrogens is 1. The van der Waals surface area contributed by atoms with Crippen molar-refractivity contribution in [3.05, 3.63) is 50.9 Å². The third kappa shape index (κ3) is 3.63. The Labute approximate surface area is 151 Å². The molecule has 1 saturated carbocycles. The van der Waals surface area contributed by atoms with Gasteiger partial charge in [-0.2, -0.15) is 0 Å². The summed E-state index contributed by atoms with van der Waals surface area (Å²) in [6.45, 7) is 4.24. The van der Waals surface area contributed by atoms with Crippen LogP contribution in [-0.2, 0) is 6.54 Å². The molecule has 1 aromatic carbocycles. The lowest BCUT2D eigenvalue weighted by atomic mass is 10.2. The molecule has 24 heavy (non-hydrogen) atoms. The molecule has 0 N–H and O–H groups in total. The third-order valence-electron chi connectivity index (χ3n) is 4.67. The summed E-state index contributed by atoms with van der Waals surface area (Å²) in [6.07, 6.45) is 2.60. The Morgan fingerprint density at radius 2 is 1.88 bits per heavy atom.